The summed E-state index contributed by atoms with van der Waals surface area (Å²) in [6.07, 6.45) is 0.814. The molecule has 0 heterocycles. The molecule has 1 saturated carbocycles. The Kier molecular flexibility index (Phi) is 4.99. The highest BCUT2D eigenvalue weighted by atomic mass is 19.1. The maximum atomic E-state index is 12.9. The third-order valence-electron chi connectivity index (χ3n) is 4.14. The largest absolute Gasteiger partial charge is 0.497 e. The smallest absolute Gasteiger partial charge is 0.223 e. The molecule has 2 atom stereocenters. The van der Waals surface area contributed by atoms with E-state index in [9.17, 15) is 9.18 Å². The van der Waals surface area contributed by atoms with E-state index in [0.29, 0.717) is 18.9 Å². The SMILES string of the molecule is COc1cccc(OCCNC(=O)C2CC2c2ccc(F)cc2)c1. The number of hydrogen-bond acceptors (Lipinski definition) is 3. The normalized spacial score (nSPS) is 18.8. The van der Waals surface area contributed by atoms with Gasteiger partial charge in [0.05, 0.1) is 13.7 Å². The van der Waals surface area contributed by atoms with E-state index in [4.69, 9.17) is 9.47 Å². The van der Waals surface area contributed by atoms with Crippen molar-refractivity contribution in [3.63, 3.8) is 0 Å². The number of nitrogens with one attached hydrogen (secondary N) is 1. The van der Waals surface area contributed by atoms with E-state index < -0.39 is 0 Å². The van der Waals surface area contributed by atoms with Crippen LogP contribution in [-0.2, 0) is 4.79 Å². The molecule has 3 rings (SSSR count). The molecule has 1 aliphatic carbocycles. The molecule has 0 aliphatic heterocycles. The van der Waals surface area contributed by atoms with Crippen molar-refractivity contribution in [2.45, 2.75) is 12.3 Å². The van der Waals surface area contributed by atoms with Gasteiger partial charge in [0.2, 0.25) is 5.91 Å². The number of carbonyl (C=O) groups is 1. The van der Waals surface area contributed by atoms with Crippen LogP contribution >= 0.6 is 0 Å². The van der Waals surface area contributed by atoms with Crippen LogP contribution in [0, 0.1) is 11.7 Å². The van der Waals surface area contributed by atoms with E-state index in [1.54, 1.807) is 25.3 Å². The lowest BCUT2D eigenvalue weighted by Gasteiger charge is -2.09. The van der Waals surface area contributed by atoms with Crippen molar-refractivity contribution in [1.29, 1.82) is 0 Å². The number of ether oxygens (including phenoxy) is 2. The minimum atomic E-state index is -0.255. The lowest BCUT2D eigenvalue weighted by molar-refractivity contribution is -0.122. The van der Waals surface area contributed by atoms with Gasteiger partial charge in [-0.1, -0.05) is 18.2 Å². The molecule has 0 aromatic heterocycles. The molecule has 1 amide bonds. The fourth-order valence-corrected chi connectivity index (χ4v) is 2.73. The van der Waals surface area contributed by atoms with E-state index >= 15 is 0 Å². The van der Waals surface area contributed by atoms with Crippen molar-refractivity contribution < 1.29 is 18.7 Å². The molecule has 0 radical (unpaired) electrons. The van der Waals surface area contributed by atoms with Crippen molar-refractivity contribution >= 4 is 5.91 Å². The van der Waals surface area contributed by atoms with E-state index in [2.05, 4.69) is 5.32 Å². The summed E-state index contributed by atoms with van der Waals surface area (Å²) in [6.45, 7) is 0.843. The highest BCUT2D eigenvalue weighted by molar-refractivity contribution is 5.82. The zero-order chi connectivity index (χ0) is 16.9. The average Bonchev–Trinajstić information content (AvgIpc) is 3.40. The third-order valence-corrected chi connectivity index (χ3v) is 4.14. The summed E-state index contributed by atoms with van der Waals surface area (Å²) < 4.78 is 23.6. The molecule has 126 valence electrons. The standard InChI is InChI=1S/C19H20FNO3/c1-23-15-3-2-4-16(11-15)24-10-9-21-19(22)18-12-17(18)13-5-7-14(20)8-6-13/h2-8,11,17-18H,9-10,12H2,1H3,(H,21,22). The van der Waals surface area contributed by atoms with E-state index in [0.717, 1.165) is 17.7 Å². The summed E-state index contributed by atoms with van der Waals surface area (Å²) in [6, 6.07) is 13.7. The van der Waals surface area contributed by atoms with Gasteiger partial charge in [-0.3, -0.25) is 4.79 Å². The van der Waals surface area contributed by atoms with Gasteiger partial charge in [0.15, 0.2) is 0 Å². The zero-order valence-electron chi connectivity index (χ0n) is 13.5. The number of rotatable bonds is 7. The molecule has 1 N–H and O–H groups in total. The van der Waals surface area contributed by atoms with Crippen molar-refractivity contribution in [3.8, 4) is 11.5 Å². The number of methoxy groups -OCH3 is 1. The number of hydrogen-bond donors (Lipinski definition) is 1. The molecule has 1 aliphatic rings. The summed E-state index contributed by atoms with van der Waals surface area (Å²) in [4.78, 5) is 12.1. The van der Waals surface area contributed by atoms with Crippen LogP contribution in [0.2, 0.25) is 0 Å². The Bertz CT molecular complexity index is 702. The predicted molar refractivity (Wildman–Crippen MR) is 88.7 cm³/mol. The van der Waals surface area contributed by atoms with Crippen molar-refractivity contribution in [2.24, 2.45) is 5.92 Å². The van der Waals surface area contributed by atoms with Gasteiger partial charge in [-0.05, 0) is 42.2 Å². The molecule has 0 bridgehead atoms. The van der Waals surface area contributed by atoms with Gasteiger partial charge in [-0.2, -0.15) is 0 Å². The number of benzene rings is 2. The summed E-state index contributed by atoms with van der Waals surface area (Å²) in [5.41, 5.74) is 1.02. The first-order valence-electron chi connectivity index (χ1n) is 7.97. The number of amides is 1. The number of halogens is 1. The molecule has 4 nitrogen and oxygen atoms in total. The van der Waals surface area contributed by atoms with Gasteiger partial charge in [0.25, 0.3) is 0 Å². The molecule has 2 aromatic rings. The maximum absolute atomic E-state index is 12.9. The third kappa shape index (κ3) is 4.04. The van der Waals surface area contributed by atoms with Crippen LogP contribution in [0.15, 0.2) is 48.5 Å². The second-order valence-electron chi connectivity index (χ2n) is 5.82. The Labute approximate surface area is 140 Å². The first kappa shape index (κ1) is 16.3. The van der Waals surface area contributed by atoms with Crippen molar-refractivity contribution in [1.82, 2.24) is 5.32 Å². The Hall–Kier alpha value is -2.56. The van der Waals surface area contributed by atoms with Crippen molar-refractivity contribution in [2.75, 3.05) is 20.3 Å². The molecule has 2 aromatic carbocycles. The van der Waals surface area contributed by atoms with Gasteiger partial charge in [0.1, 0.15) is 23.9 Å². The lowest BCUT2D eigenvalue weighted by atomic mass is 10.1. The molecular weight excluding hydrogens is 309 g/mol. The topological polar surface area (TPSA) is 47.6 Å². The van der Waals surface area contributed by atoms with Gasteiger partial charge in [-0.25, -0.2) is 4.39 Å². The van der Waals surface area contributed by atoms with Crippen LogP contribution in [0.3, 0.4) is 0 Å². The van der Waals surface area contributed by atoms with Crippen LogP contribution in [-0.4, -0.2) is 26.2 Å². The van der Waals surface area contributed by atoms with E-state index in [1.807, 2.05) is 18.2 Å². The minimum absolute atomic E-state index is 0.0210. The Morgan fingerprint density at radius 3 is 2.71 bits per heavy atom. The van der Waals surface area contributed by atoms with Crippen LogP contribution in [0.4, 0.5) is 4.39 Å². The van der Waals surface area contributed by atoms with E-state index in [1.165, 1.54) is 12.1 Å². The van der Waals surface area contributed by atoms with Crippen LogP contribution < -0.4 is 14.8 Å². The minimum Gasteiger partial charge on any atom is -0.497 e. The highest BCUT2D eigenvalue weighted by Crippen LogP contribution is 2.47. The maximum Gasteiger partial charge on any atom is 0.223 e. The van der Waals surface area contributed by atoms with Crippen molar-refractivity contribution in [3.05, 3.63) is 59.9 Å². The Balaban J connectivity index is 1.40. The first-order valence-corrected chi connectivity index (χ1v) is 7.97. The molecule has 5 heteroatoms. The molecule has 0 saturated heterocycles. The van der Waals surface area contributed by atoms with Crippen LogP contribution in [0.5, 0.6) is 11.5 Å². The Morgan fingerprint density at radius 2 is 1.96 bits per heavy atom. The lowest BCUT2D eigenvalue weighted by Crippen LogP contribution is -2.29. The molecular formula is C19H20FNO3. The van der Waals surface area contributed by atoms with Crippen LogP contribution in [0.1, 0.15) is 17.9 Å². The quantitative estimate of drug-likeness (QED) is 0.794. The second kappa shape index (κ2) is 7.34. The molecule has 24 heavy (non-hydrogen) atoms. The zero-order valence-corrected chi connectivity index (χ0v) is 13.5. The first-order chi connectivity index (χ1) is 11.7. The van der Waals surface area contributed by atoms with Crippen LogP contribution in [0.25, 0.3) is 0 Å². The molecule has 0 spiro atoms. The summed E-state index contributed by atoms with van der Waals surface area (Å²) in [5, 5.41) is 2.89. The summed E-state index contributed by atoms with van der Waals surface area (Å²) >= 11 is 0. The summed E-state index contributed by atoms with van der Waals surface area (Å²) in [7, 11) is 1.60. The fraction of sp³-hybridized carbons (Fsp3) is 0.316. The predicted octanol–water partition coefficient (Wildman–Crippen LogP) is 3.13. The van der Waals surface area contributed by atoms with Gasteiger partial charge in [0, 0.05) is 12.0 Å². The van der Waals surface area contributed by atoms with Gasteiger partial charge >= 0.3 is 0 Å². The molecule has 2 unspecified atom stereocenters. The van der Waals surface area contributed by atoms with Gasteiger partial charge in [-0.15, -0.1) is 0 Å². The second-order valence-corrected chi connectivity index (χ2v) is 5.82. The highest BCUT2D eigenvalue weighted by Gasteiger charge is 2.43. The summed E-state index contributed by atoms with van der Waals surface area (Å²) in [5.74, 6) is 1.39. The van der Waals surface area contributed by atoms with Gasteiger partial charge < -0.3 is 14.8 Å². The Morgan fingerprint density at radius 1 is 1.21 bits per heavy atom. The number of carbonyl (C=O) groups excluding carboxylic acids is 1. The van der Waals surface area contributed by atoms with E-state index in [-0.39, 0.29) is 23.6 Å². The fourth-order valence-electron chi connectivity index (χ4n) is 2.73. The monoisotopic (exact) mass is 329 g/mol. The average molecular weight is 329 g/mol. The molecule has 1 fully saturated rings.